The van der Waals surface area contributed by atoms with Crippen LogP contribution in [0.15, 0.2) is 72.8 Å². The molecule has 1 aromatic heterocycles. The van der Waals surface area contributed by atoms with Crippen LogP contribution in [0.3, 0.4) is 0 Å². The largest absolute Gasteiger partial charge is 0.497 e. The van der Waals surface area contributed by atoms with Crippen LogP contribution in [0.4, 0.5) is 5.69 Å². The van der Waals surface area contributed by atoms with E-state index >= 15 is 0 Å². The average molecular weight is 442 g/mol. The molecular formula is C27H27N3O3. The Morgan fingerprint density at radius 3 is 2.42 bits per heavy atom. The Balaban J connectivity index is 1.45. The van der Waals surface area contributed by atoms with Crippen molar-refractivity contribution in [1.29, 1.82) is 0 Å². The van der Waals surface area contributed by atoms with E-state index in [1.54, 1.807) is 7.11 Å². The van der Waals surface area contributed by atoms with Gasteiger partial charge in [-0.1, -0.05) is 24.3 Å². The maximum Gasteiger partial charge on any atom is 0.227 e. The van der Waals surface area contributed by atoms with E-state index in [1.807, 2.05) is 66.4 Å². The van der Waals surface area contributed by atoms with Gasteiger partial charge in [-0.2, -0.15) is 0 Å². The molecule has 168 valence electrons. The number of benzene rings is 3. The summed E-state index contributed by atoms with van der Waals surface area (Å²) in [7, 11) is 1.67. The number of carbonyl (C=O) groups is 1. The van der Waals surface area contributed by atoms with Gasteiger partial charge in [0.05, 0.1) is 24.8 Å². The van der Waals surface area contributed by atoms with Crippen LogP contribution in [-0.2, 0) is 11.3 Å². The van der Waals surface area contributed by atoms with Gasteiger partial charge in [0.25, 0.3) is 0 Å². The third-order valence-electron chi connectivity index (χ3n) is 6.13. The second-order valence-corrected chi connectivity index (χ2v) is 8.23. The zero-order valence-electron chi connectivity index (χ0n) is 18.9. The van der Waals surface area contributed by atoms with Gasteiger partial charge in [-0.05, 0) is 61.0 Å². The highest BCUT2D eigenvalue weighted by molar-refractivity contribution is 5.96. The van der Waals surface area contributed by atoms with Gasteiger partial charge in [0.15, 0.2) is 0 Å². The number of para-hydroxylation sites is 2. The molecule has 6 heteroatoms. The van der Waals surface area contributed by atoms with Crippen LogP contribution in [-0.4, -0.2) is 35.7 Å². The zero-order valence-corrected chi connectivity index (χ0v) is 18.9. The summed E-state index contributed by atoms with van der Waals surface area (Å²) in [4.78, 5) is 19.8. The van der Waals surface area contributed by atoms with E-state index in [9.17, 15) is 4.79 Å². The van der Waals surface area contributed by atoms with Gasteiger partial charge >= 0.3 is 0 Å². The molecular weight excluding hydrogens is 414 g/mol. The van der Waals surface area contributed by atoms with Crippen molar-refractivity contribution in [3.8, 4) is 11.5 Å². The zero-order chi connectivity index (χ0) is 22.8. The third-order valence-corrected chi connectivity index (χ3v) is 6.13. The van der Waals surface area contributed by atoms with Crippen molar-refractivity contribution < 1.29 is 14.3 Å². The summed E-state index contributed by atoms with van der Waals surface area (Å²) in [6.07, 6.45) is 0.444. The molecule has 1 unspecified atom stereocenters. The van der Waals surface area contributed by atoms with Gasteiger partial charge in [-0.25, -0.2) is 4.98 Å². The Morgan fingerprint density at radius 2 is 1.70 bits per heavy atom. The van der Waals surface area contributed by atoms with Gasteiger partial charge in [-0.3, -0.25) is 4.79 Å². The number of hydrogen-bond donors (Lipinski definition) is 0. The Kier molecular flexibility index (Phi) is 5.73. The van der Waals surface area contributed by atoms with Gasteiger partial charge < -0.3 is 18.9 Å². The van der Waals surface area contributed by atoms with Crippen molar-refractivity contribution in [2.45, 2.75) is 25.8 Å². The number of imidazole rings is 1. The molecule has 4 aromatic rings. The summed E-state index contributed by atoms with van der Waals surface area (Å²) in [5, 5.41) is 0. The average Bonchev–Trinajstić information content (AvgIpc) is 3.41. The van der Waals surface area contributed by atoms with Gasteiger partial charge in [0.2, 0.25) is 5.91 Å². The van der Waals surface area contributed by atoms with E-state index in [1.165, 1.54) is 0 Å². The molecule has 3 aromatic carbocycles. The van der Waals surface area contributed by atoms with Crippen LogP contribution >= 0.6 is 0 Å². The molecule has 0 bridgehead atoms. The minimum absolute atomic E-state index is 0.0229. The summed E-state index contributed by atoms with van der Waals surface area (Å²) in [6.45, 7) is 3.88. The molecule has 1 atom stereocenters. The van der Waals surface area contributed by atoms with E-state index < -0.39 is 0 Å². The number of fused-ring (bicyclic) bond motifs is 1. The van der Waals surface area contributed by atoms with Gasteiger partial charge in [0.1, 0.15) is 17.3 Å². The predicted molar refractivity (Wildman–Crippen MR) is 129 cm³/mol. The lowest BCUT2D eigenvalue weighted by Gasteiger charge is -2.18. The number of rotatable bonds is 7. The number of anilines is 1. The summed E-state index contributed by atoms with van der Waals surface area (Å²) >= 11 is 0. The van der Waals surface area contributed by atoms with Crippen LogP contribution in [0, 0.1) is 0 Å². The highest BCUT2D eigenvalue weighted by Gasteiger charge is 2.34. The van der Waals surface area contributed by atoms with Crippen LogP contribution in [0.25, 0.3) is 11.0 Å². The third kappa shape index (κ3) is 4.16. The van der Waals surface area contributed by atoms with Crippen LogP contribution in [0.5, 0.6) is 11.5 Å². The first-order chi connectivity index (χ1) is 16.2. The van der Waals surface area contributed by atoms with Crippen molar-refractivity contribution in [2.24, 2.45) is 0 Å². The maximum atomic E-state index is 13.0. The summed E-state index contributed by atoms with van der Waals surface area (Å²) < 4.78 is 13.1. The fourth-order valence-corrected chi connectivity index (χ4v) is 4.50. The predicted octanol–water partition coefficient (Wildman–Crippen LogP) is 5.01. The molecule has 0 aliphatic carbocycles. The molecule has 1 fully saturated rings. The Morgan fingerprint density at radius 1 is 0.970 bits per heavy atom. The van der Waals surface area contributed by atoms with Crippen LogP contribution in [0.1, 0.15) is 30.7 Å². The Hall–Kier alpha value is -3.80. The first-order valence-corrected chi connectivity index (χ1v) is 11.3. The number of aromatic nitrogens is 2. The van der Waals surface area contributed by atoms with E-state index in [2.05, 4.69) is 22.8 Å². The summed E-state index contributed by atoms with van der Waals surface area (Å²) in [6, 6.07) is 24.0. The second kappa shape index (κ2) is 8.98. The number of methoxy groups -OCH3 is 1. The lowest BCUT2D eigenvalue weighted by molar-refractivity contribution is -0.117. The number of nitrogens with zero attached hydrogens (tertiary/aromatic N) is 3. The highest BCUT2D eigenvalue weighted by Crippen LogP contribution is 2.34. The normalized spacial score (nSPS) is 15.9. The molecule has 6 nitrogen and oxygen atoms in total. The first kappa shape index (κ1) is 21.1. The number of hydrogen-bond acceptors (Lipinski definition) is 4. The van der Waals surface area contributed by atoms with E-state index in [0.717, 1.165) is 39.6 Å². The van der Waals surface area contributed by atoms with Gasteiger partial charge in [0, 0.05) is 31.1 Å². The summed E-state index contributed by atoms with van der Waals surface area (Å²) in [5.41, 5.74) is 4.08. The van der Waals surface area contributed by atoms with Crippen molar-refractivity contribution in [3.05, 3.63) is 84.2 Å². The summed E-state index contributed by atoms with van der Waals surface area (Å²) in [5.74, 6) is 2.74. The van der Waals surface area contributed by atoms with Gasteiger partial charge in [-0.15, -0.1) is 0 Å². The molecule has 1 aliphatic heterocycles. The lowest BCUT2D eigenvalue weighted by Crippen LogP contribution is -2.24. The first-order valence-electron chi connectivity index (χ1n) is 11.3. The molecule has 0 N–H and O–H groups in total. The second-order valence-electron chi connectivity index (χ2n) is 8.23. The molecule has 0 spiro atoms. The van der Waals surface area contributed by atoms with Crippen molar-refractivity contribution in [1.82, 2.24) is 9.55 Å². The minimum Gasteiger partial charge on any atom is -0.497 e. The Labute approximate surface area is 193 Å². The van der Waals surface area contributed by atoms with Crippen LogP contribution < -0.4 is 14.4 Å². The van der Waals surface area contributed by atoms with E-state index in [0.29, 0.717) is 26.1 Å². The van der Waals surface area contributed by atoms with E-state index in [-0.39, 0.29) is 11.8 Å². The van der Waals surface area contributed by atoms with Crippen molar-refractivity contribution in [2.75, 3.05) is 25.2 Å². The molecule has 5 rings (SSSR count). The Bertz CT molecular complexity index is 1260. The molecule has 1 saturated heterocycles. The monoisotopic (exact) mass is 441 g/mol. The minimum atomic E-state index is 0.0229. The van der Waals surface area contributed by atoms with Crippen LogP contribution in [0.2, 0.25) is 0 Å². The number of ether oxygens (including phenoxy) is 2. The SMILES string of the molecule is CCOc1ccc(N2CC(c3nc4ccccc4n3Cc3ccc(OC)cc3)CC2=O)cc1. The molecule has 2 heterocycles. The number of amides is 1. The quantitative estimate of drug-likeness (QED) is 0.404. The molecule has 0 radical (unpaired) electrons. The van der Waals surface area contributed by atoms with Crippen molar-refractivity contribution in [3.63, 3.8) is 0 Å². The van der Waals surface area contributed by atoms with Crippen molar-refractivity contribution >= 4 is 22.6 Å². The van der Waals surface area contributed by atoms with E-state index in [4.69, 9.17) is 14.5 Å². The molecule has 1 aliphatic rings. The topological polar surface area (TPSA) is 56.6 Å². The molecule has 0 saturated carbocycles. The lowest BCUT2D eigenvalue weighted by atomic mass is 10.1. The fraction of sp³-hybridized carbons (Fsp3) is 0.259. The molecule has 1 amide bonds. The highest BCUT2D eigenvalue weighted by atomic mass is 16.5. The smallest absolute Gasteiger partial charge is 0.227 e. The maximum absolute atomic E-state index is 13.0. The number of carbonyl (C=O) groups excluding carboxylic acids is 1. The fourth-order valence-electron chi connectivity index (χ4n) is 4.50. The standard InChI is InChI=1S/C27H27N3O3/c1-3-33-23-14-10-21(11-15-23)29-18-20(16-26(29)31)27-28-24-6-4-5-7-25(24)30(27)17-19-8-12-22(32-2)13-9-19/h4-15,20H,3,16-18H2,1-2H3. The molecule has 33 heavy (non-hydrogen) atoms.